The van der Waals surface area contributed by atoms with Crippen LogP contribution < -0.4 is 5.32 Å². The Morgan fingerprint density at radius 1 is 1.24 bits per heavy atom. The van der Waals surface area contributed by atoms with Crippen LogP contribution in [0.5, 0.6) is 0 Å². The van der Waals surface area contributed by atoms with E-state index in [0.717, 1.165) is 35.4 Å². The molecule has 2 N–H and O–H groups in total. The fraction of sp³-hybridized carbons (Fsp3) is 0.353. The van der Waals surface area contributed by atoms with Crippen molar-refractivity contribution in [1.29, 1.82) is 0 Å². The summed E-state index contributed by atoms with van der Waals surface area (Å²) in [4.78, 5) is 12.4. The summed E-state index contributed by atoms with van der Waals surface area (Å²) in [6.45, 7) is 5.71. The van der Waals surface area contributed by atoms with Crippen molar-refractivity contribution < 1.29 is 14.3 Å². The smallest absolute Gasteiger partial charge is 0.259 e. The van der Waals surface area contributed by atoms with E-state index in [4.69, 9.17) is 9.52 Å². The van der Waals surface area contributed by atoms with Gasteiger partial charge in [-0.1, -0.05) is 12.1 Å². The van der Waals surface area contributed by atoms with Crippen LogP contribution in [0.25, 0.3) is 0 Å². The number of hydrogen-bond donors (Lipinski definition) is 2. The van der Waals surface area contributed by atoms with Gasteiger partial charge in [-0.3, -0.25) is 4.79 Å². The zero-order valence-corrected chi connectivity index (χ0v) is 12.7. The molecule has 0 saturated carbocycles. The molecular formula is C17H21NO3. The minimum Gasteiger partial charge on any atom is -0.466 e. The Bertz CT molecular complexity index is 643. The van der Waals surface area contributed by atoms with Crippen molar-refractivity contribution >= 4 is 11.6 Å². The van der Waals surface area contributed by atoms with Crippen molar-refractivity contribution in [3.8, 4) is 0 Å². The van der Waals surface area contributed by atoms with Crippen molar-refractivity contribution in [2.24, 2.45) is 0 Å². The average Bonchev–Trinajstić information content (AvgIpc) is 2.70. The highest BCUT2D eigenvalue weighted by molar-refractivity contribution is 6.06. The molecule has 0 aliphatic carbocycles. The number of hydrogen-bond acceptors (Lipinski definition) is 3. The summed E-state index contributed by atoms with van der Waals surface area (Å²) in [6.07, 6.45) is 1.51. The van der Waals surface area contributed by atoms with Gasteiger partial charge < -0.3 is 14.8 Å². The monoisotopic (exact) mass is 287 g/mol. The first-order chi connectivity index (χ1) is 10.0. The Hall–Kier alpha value is -2.07. The van der Waals surface area contributed by atoms with E-state index in [2.05, 4.69) is 5.32 Å². The maximum atomic E-state index is 12.4. The third-order valence-corrected chi connectivity index (χ3v) is 3.60. The molecule has 0 saturated heterocycles. The molecule has 0 fully saturated rings. The third kappa shape index (κ3) is 3.52. The molecule has 1 heterocycles. The molecule has 0 unspecified atom stereocenters. The van der Waals surface area contributed by atoms with Gasteiger partial charge in [0.1, 0.15) is 11.5 Å². The molecule has 1 amide bonds. The summed E-state index contributed by atoms with van der Waals surface area (Å²) in [7, 11) is 0. The van der Waals surface area contributed by atoms with E-state index in [1.54, 1.807) is 6.92 Å². The summed E-state index contributed by atoms with van der Waals surface area (Å²) in [6, 6.07) is 7.69. The predicted molar refractivity (Wildman–Crippen MR) is 82.7 cm³/mol. The minimum atomic E-state index is -0.152. The normalized spacial score (nSPS) is 10.7. The molecule has 4 nitrogen and oxygen atoms in total. The molecule has 2 rings (SSSR count). The molecule has 112 valence electrons. The highest BCUT2D eigenvalue weighted by Crippen LogP contribution is 2.22. The predicted octanol–water partition coefficient (Wildman–Crippen LogP) is 3.38. The van der Waals surface area contributed by atoms with Crippen LogP contribution in [0.15, 0.2) is 28.7 Å². The van der Waals surface area contributed by atoms with Crippen molar-refractivity contribution in [2.75, 3.05) is 11.9 Å². The molecule has 0 radical (unpaired) electrons. The van der Waals surface area contributed by atoms with Crippen LogP contribution in [0.2, 0.25) is 0 Å². The zero-order chi connectivity index (χ0) is 15.4. The number of nitrogens with one attached hydrogen (secondary N) is 1. The van der Waals surface area contributed by atoms with Gasteiger partial charge in [-0.15, -0.1) is 0 Å². The summed E-state index contributed by atoms with van der Waals surface area (Å²) in [5, 5.41) is 11.8. The van der Waals surface area contributed by atoms with Crippen molar-refractivity contribution in [1.82, 2.24) is 0 Å². The molecule has 0 bridgehead atoms. The number of anilines is 1. The molecule has 0 spiro atoms. The molecule has 0 aliphatic rings. The van der Waals surface area contributed by atoms with Crippen LogP contribution in [-0.2, 0) is 6.42 Å². The number of rotatable bonds is 5. The maximum absolute atomic E-state index is 12.4. The van der Waals surface area contributed by atoms with Crippen LogP contribution in [0.4, 0.5) is 5.69 Å². The van der Waals surface area contributed by atoms with Crippen LogP contribution in [0.1, 0.15) is 39.4 Å². The van der Waals surface area contributed by atoms with Gasteiger partial charge in [0.15, 0.2) is 0 Å². The molecule has 0 aliphatic heterocycles. The number of carbonyl (C=O) groups is 1. The summed E-state index contributed by atoms with van der Waals surface area (Å²) in [5.41, 5.74) is 3.33. The number of amides is 1. The van der Waals surface area contributed by atoms with Gasteiger partial charge in [0.2, 0.25) is 0 Å². The van der Waals surface area contributed by atoms with Crippen LogP contribution >= 0.6 is 0 Å². The largest absolute Gasteiger partial charge is 0.466 e. The highest BCUT2D eigenvalue weighted by atomic mass is 16.3. The summed E-state index contributed by atoms with van der Waals surface area (Å²) < 4.78 is 5.49. The molecule has 2 aromatic rings. The second-order valence-electron chi connectivity index (χ2n) is 5.20. The fourth-order valence-corrected chi connectivity index (χ4v) is 2.41. The van der Waals surface area contributed by atoms with E-state index >= 15 is 0 Å². The number of aliphatic hydroxyl groups excluding tert-OH is 1. The van der Waals surface area contributed by atoms with Crippen molar-refractivity contribution in [3.05, 3.63) is 52.5 Å². The fourth-order valence-electron chi connectivity index (χ4n) is 2.41. The summed E-state index contributed by atoms with van der Waals surface area (Å²) in [5.74, 6) is 1.26. The Balaban J connectivity index is 2.16. The van der Waals surface area contributed by atoms with Gasteiger partial charge in [-0.05, 0) is 51.3 Å². The third-order valence-electron chi connectivity index (χ3n) is 3.60. The first-order valence-corrected chi connectivity index (χ1v) is 7.10. The van der Waals surface area contributed by atoms with Gasteiger partial charge in [0.25, 0.3) is 5.91 Å². The standard InChI is InChI=1S/C17H21NO3/c1-11-12(2)21-13(3)16(11)17(20)18-15-8-4-6-14(10-15)7-5-9-19/h4,6,8,10,19H,5,7,9H2,1-3H3,(H,18,20). The molecule has 1 aromatic carbocycles. The number of furan rings is 1. The highest BCUT2D eigenvalue weighted by Gasteiger charge is 2.18. The Morgan fingerprint density at radius 3 is 2.62 bits per heavy atom. The van der Waals surface area contributed by atoms with Gasteiger partial charge in [-0.25, -0.2) is 0 Å². The Labute approximate surface area is 124 Å². The Morgan fingerprint density at radius 2 is 2.00 bits per heavy atom. The number of carbonyl (C=O) groups excluding carboxylic acids is 1. The second kappa shape index (κ2) is 6.59. The lowest BCUT2D eigenvalue weighted by Crippen LogP contribution is -2.13. The number of benzene rings is 1. The molecule has 0 atom stereocenters. The lowest BCUT2D eigenvalue weighted by atomic mass is 10.1. The van der Waals surface area contributed by atoms with E-state index in [1.807, 2.05) is 38.1 Å². The lowest BCUT2D eigenvalue weighted by Gasteiger charge is -2.07. The lowest BCUT2D eigenvalue weighted by molar-refractivity contribution is 0.102. The SMILES string of the molecule is Cc1oc(C)c(C(=O)Nc2cccc(CCCO)c2)c1C. The summed E-state index contributed by atoms with van der Waals surface area (Å²) >= 11 is 0. The van der Waals surface area contributed by atoms with Crippen LogP contribution in [-0.4, -0.2) is 17.6 Å². The van der Waals surface area contributed by atoms with Gasteiger partial charge in [-0.2, -0.15) is 0 Å². The van der Waals surface area contributed by atoms with Gasteiger partial charge in [0, 0.05) is 17.9 Å². The first-order valence-electron chi connectivity index (χ1n) is 7.10. The number of aliphatic hydroxyl groups is 1. The number of aryl methyl sites for hydroxylation is 3. The van der Waals surface area contributed by atoms with E-state index in [-0.39, 0.29) is 12.5 Å². The molecule has 1 aromatic heterocycles. The van der Waals surface area contributed by atoms with Crippen molar-refractivity contribution in [3.63, 3.8) is 0 Å². The molecular weight excluding hydrogens is 266 g/mol. The first kappa shape index (κ1) is 15.3. The van der Waals surface area contributed by atoms with Gasteiger partial charge in [0.05, 0.1) is 5.56 Å². The topological polar surface area (TPSA) is 62.5 Å². The van der Waals surface area contributed by atoms with E-state index < -0.39 is 0 Å². The van der Waals surface area contributed by atoms with E-state index in [9.17, 15) is 4.79 Å². The average molecular weight is 287 g/mol. The van der Waals surface area contributed by atoms with E-state index in [0.29, 0.717) is 11.3 Å². The van der Waals surface area contributed by atoms with E-state index in [1.165, 1.54) is 0 Å². The quantitative estimate of drug-likeness (QED) is 0.886. The molecule has 21 heavy (non-hydrogen) atoms. The van der Waals surface area contributed by atoms with Crippen LogP contribution in [0, 0.1) is 20.8 Å². The Kier molecular flexibility index (Phi) is 4.81. The second-order valence-corrected chi connectivity index (χ2v) is 5.20. The van der Waals surface area contributed by atoms with Gasteiger partial charge >= 0.3 is 0 Å². The molecule has 4 heteroatoms. The van der Waals surface area contributed by atoms with Crippen molar-refractivity contribution in [2.45, 2.75) is 33.6 Å². The minimum absolute atomic E-state index is 0.152. The van der Waals surface area contributed by atoms with Crippen LogP contribution in [0.3, 0.4) is 0 Å². The maximum Gasteiger partial charge on any atom is 0.259 e. The zero-order valence-electron chi connectivity index (χ0n) is 12.7.